The van der Waals surface area contributed by atoms with E-state index in [0.717, 1.165) is 19.5 Å². The normalized spacial score (nSPS) is 22.2. The molecule has 0 spiro atoms. The topological polar surface area (TPSA) is 84.2 Å². The number of urea groups is 1. The summed E-state index contributed by atoms with van der Waals surface area (Å²) in [6.07, 6.45) is 1.38. The number of rotatable bonds is 2. The van der Waals surface area contributed by atoms with Crippen LogP contribution in [-0.4, -0.2) is 25.0 Å². The minimum absolute atomic E-state index is 0.281. The van der Waals surface area contributed by atoms with Gasteiger partial charge in [-0.25, -0.2) is 4.79 Å². The minimum Gasteiger partial charge on any atom is -0.351 e. The van der Waals surface area contributed by atoms with Crippen molar-refractivity contribution in [1.29, 1.82) is 0 Å². The second kappa shape index (κ2) is 4.06. The molecular weight excluding hydrogens is 158 g/mol. The molecule has 0 aromatic heterocycles. The van der Waals surface area contributed by atoms with E-state index in [1.54, 1.807) is 0 Å². The highest BCUT2D eigenvalue weighted by Gasteiger charge is 2.18. The zero-order chi connectivity index (χ0) is 8.97. The van der Waals surface area contributed by atoms with E-state index in [-0.39, 0.29) is 5.91 Å². The molecule has 4 N–H and O–H groups in total. The monoisotopic (exact) mass is 171 g/mol. The van der Waals surface area contributed by atoms with Crippen molar-refractivity contribution in [3.63, 3.8) is 0 Å². The van der Waals surface area contributed by atoms with Crippen LogP contribution in [0.15, 0.2) is 0 Å². The van der Waals surface area contributed by atoms with Crippen LogP contribution in [0.5, 0.6) is 0 Å². The largest absolute Gasteiger partial charge is 0.351 e. The molecule has 1 aliphatic heterocycles. The van der Waals surface area contributed by atoms with Gasteiger partial charge in [-0.1, -0.05) is 0 Å². The maximum Gasteiger partial charge on any atom is 0.318 e. The van der Waals surface area contributed by atoms with Crippen LogP contribution in [0.3, 0.4) is 0 Å². The minimum atomic E-state index is -0.772. The zero-order valence-corrected chi connectivity index (χ0v) is 6.80. The highest BCUT2D eigenvalue weighted by molar-refractivity contribution is 5.93. The summed E-state index contributed by atoms with van der Waals surface area (Å²) < 4.78 is 0. The highest BCUT2D eigenvalue weighted by atomic mass is 16.2. The fraction of sp³-hybridized carbons (Fsp3) is 0.714. The SMILES string of the molecule is NC(=O)NC(=O)CC1CCNC1. The van der Waals surface area contributed by atoms with Crippen LogP contribution in [0.2, 0.25) is 0 Å². The Bertz CT molecular complexity index is 187. The average molecular weight is 171 g/mol. The fourth-order valence-corrected chi connectivity index (χ4v) is 1.34. The Morgan fingerprint density at radius 3 is 2.83 bits per heavy atom. The quantitative estimate of drug-likeness (QED) is 0.507. The fourth-order valence-electron chi connectivity index (χ4n) is 1.34. The Labute approximate surface area is 70.7 Å². The predicted octanol–water partition coefficient (Wildman–Crippen LogP) is -0.819. The summed E-state index contributed by atoms with van der Waals surface area (Å²) in [4.78, 5) is 21.2. The second-order valence-electron chi connectivity index (χ2n) is 2.98. The standard InChI is InChI=1S/C7H13N3O2/c8-7(12)10-6(11)3-5-1-2-9-4-5/h5,9H,1-4H2,(H3,8,10,11,12). The van der Waals surface area contributed by atoms with E-state index in [1.807, 2.05) is 5.32 Å². The number of hydrogen-bond acceptors (Lipinski definition) is 3. The van der Waals surface area contributed by atoms with Crippen LogP contribution in [0.25, 0.3) is 0 Å². The molecule has 0 saturated carbocycles. The Morgan fingerprint density at radius 2 is 2.33 bits per heavy atom. The molecule has 5 heteroatoms. The van der Waals surface area contributed by atoms with Crippen LogP contribution < -0.4 is 16.4 Å². The van der Waals surface area contributed by atoms with Crippen LogP contribution in [-0.2, 0) is 4.79 Å². The number of hydrogen-bond donors (Lipinski definition) is 3. The van der Waals surface area contributed by atoms with E-state index in [2.05, 4.69) is 5.32 Å². The summed E-state index contributed by atoms with van der Waals surface area (Å²) in [6.45, 7) is 1.81. The number of nitrogens with one attached hydrogen (secondary N) is 2. The first-order valence-corrected chi connectivity index (χ1v) is 3.98. The van der Waals surface area contributed by atoms with Crippen molar-refractivity contribution in [2.75, 3.05) is 13.1 Å². The summed E-state index contributed by atoms with van der Waals surface area (Å²) in [6, 6.07) is -0.772. The van der Waals surface area contributed by atoms with Crippen molar-refractivity contribution in [1.82, 2.24) is 10.6 Å². The van der Waals surface area contributed by atoms with Gasteiger partial charge in [0.1, 0.15) is 0 Å². The molecule has 3 amide bonds. The van der Waals surface area contributed by atoms with Crippen molar-refractivity contribution in [3.8, 4) is 0 Å². The van der Waals surface area contributed by atoms with E-state index in [9.17, 15) is 9.59 Å². The average Bonchev–Trinajstić information content (AvgIpc) is 2.37. The van der Waals surface area contributed by atoms with Crippen LogP contribution >= 0.6 is 0 Å². The number of carbonyl (C=O) groups excluding carboxylic acids is 2. The molecule has 1 heterocycles. The molecule has 5 nitrogen and oxygen atoms in total. The van der Waals surface area contributed by atoms with Crippen molar-refractivity contribution in [2.24, 2.45) is 11.7 Å². The van der Waals surface area contributed by atoms with Gasteiger partial charge in [0.2, 0.25) is 5.91 Å². The first kappa shape index (κ1) is 8.99. The zero-order valence-electron chi connectivity index (χ0n) is 6.80. The third kappa shape index (κ3) is 2.87. The first-order valence-electron chi connectivity index (χ1n) is 3.98. The molecule has 1 aliphatic rings. The lowest BCUT2D eigenvalue weighted by atomic mass is 10.1. The molecular formula is C7H13N3O2. The maximum absolute atomic E-state index is 11.0. The Hall–Kier alpha value is -1.10. The van der Waals surface area contributed by atoms with Gasteiger partial charge in [0.25, 0.3) is 0 Å². The van der Waals surface area contributed by atoms with Gasteiger partial charge in [-0.2, -0.15) is 0 Å². The highest BCUT2D eigenvalue weighted by Crippen LogP contribution is 2.11. The molecule has 12 heavy (non-hydrogen) atoms. The van der Waals surface area contributed by atoms with E-state index in [4.69, 9.17) is 5.73 Å². The van der Waals surface area contributed by atoms with Crippen LogP contribution in [0, 0.1) is 5.92 Å². The Morgan fingerprint density at radius 1 is 1.58 bits per heavy atom. The van der Waals surface area contributed by atoms with Gasteiger partial charge in [0.05, 0.1) is 0 Å². The van der Waals surface area contributed by atoms with Gasteiger partial charge in [0.15, 0.2) is 0 Å². The lowest BCUT2D eigenvalue weighted by Crippen LogP contribution is -2.36. The van der Waals surface area contributed by atoms with Gasteiger partial charge in [-0.05, 0) is 25.4 Å². The van der Waals surface area contributed by atoms with E-state index < -0.39 is 6.03 Å². The van der Waals surface area contributed by atoms with E-state index in [1.165, 1.54) is 0 Å². The second-order valence-corrected chi connectivity index (χ2v) is 2.98. The lowest BCUT2D eigenvalue weighted by molar-refractivity contribution is -0.120. The van der Waals surface area contributed by atoms with Crippen molar-refractivity contribution in [2.45, 2.75) is 12.8 Å². The van der Waals surface area contributed by atoms with Gasteiger partial charge in [0, 0.05) is 6.42 Å². The molecule has 1 saturated heterocycles. The number of amides is 3. The van der Waals surface area contributed by atoms with Gasteiger partial charge < -0.3 is 11.1 Å². The number of nitrogens with two attached hydrogens (primary N) is 1. The van der Waals surface area contributed by atoms with Crippen LogP contribution in [0.1, 0.15) is 12.8 Å². The summed E-state index contributed by atoms with van der Waals surface area (Å²) in [5, 5.41) is 5.18. The van der Waals surface area contributed by atoms with Crippen molar-refractivity contribution in [3.05, 3.63) is 0 Å². The number of carbonyl (C=O) groups is 2. The third-order valence-electron chi connectivity index (χ3n) is 1.90. The molecule has 1 fully saturated rings. The van der Waals surface area contributed by atoms with Gasteiger partial charge in [-0.15, -0.1) is 0 Å². The van der Waals surface area contributed by atoms with E-state index >= 15 is 0 Å². The van der Waals surface area contributed by atoms with Crippen molar-refractivity contribution >= 4 is 11.9 Å². The summed E-state index contributed by atoms with van der Waals surface area (Å²) >= 11 is 0. The molecule has 1 rings (SSSR count). The summed E-state index contributed by atoms with van der Waals surface area (Å²) in [5.74, 6) is 0.0700. The van der Waals surface area contributed by atoms with Gasteiger partial charge in [-0.3, -0.25) is 10.1 Å². The smallest absolute Gasteiger partial charge is 0.318 e. The molecule has 1 unspecified atom stereocenters. The summed E-state index contributed by atoms with van der Waals surface area (Å²) in [5.41, 5.74) is 4.78. The molecule has 68 valence electrons. The molecule has 1 atom stereocenters. The molecule has 0 aromatic carbocycles. The lowest BCUT2D eigenvalue weighted by Gasteiger charge is -2.05. The molecule has 0 aliphatic carbocycles. The number of primary amides is 1. The Kier molecular flexibility index (Phi) is 3.04. The number of imide groups is 1. The van der Waals surface area contributed by atoms with E-state index in [0.29, 0.717) is 12.3 Å². The first-order chi connectivity index (χ1) is 5.68. The predicted molar refractivity (Wildman–Crippen MR) is 43.3 cm³/mol. The molecule has 0 radical (unpaired) electrons. The summed E-state index contributed by atoms with van der Waals surface area (Å²) in [7, 11) is 0. The van der Waals surface area contributed by atoms with Crippen LogP contribution in [0.4, 0.5) is 4.79 Å². The third-order valence-corrected chi connectivity index (χ3v) is 1.90. The maximum atomic E-state index is 11.0. The van der Waals surface area contributed by atoms with Crippen molar-refractivity contribution < 1.29 is 9.59 Å². The van der Waals surface area contributed by atoms with Gasteiger partial charge >= 0.3 is 6.03 Å². The molecule has 0 bridgehead atoms. The molecule has 0 aromatic rings. The Balaban J connectivity index is 2.20.